The molecule has 1 atom stereocenters. The van der Waals surface area contributed by atoms with Crippen LogP contribution >= 0.6 is 0 Å². The van der Waals surface area contributed by atoms with Crippen LogP contribution in [0.15, 0.2) is 0 Å². The van der Waals surface area contributed by atoms with E-state index < -0.39 is 39.3 Å². The molecule has 0 bridgehead atoms. The van der Waals surface area contributed by atoms with Crippen molar-refractivity contribution in [1.29, 1.82) is 0 Å². The lowest BCUT2D eigenvalue weighted by Crippen LogP contribution is -2.28. The number of sulfone groups is 1. The van der Waals surface area contributed by atoms with Crippen LogP contribution in [-0.2, 0) is 14.6 Å². The molecule has 0 aromatic rings. The van der Waals surface area contributed by atoms with Gasteiger partial charge in [-0.1, -0.05) is 0 Å². The fourth-order valence-corrected chi connectivity index (χ4v) is 1.76. The lowest BCUT2D eigenvalue weighted by atomic mass is 10.3. The zero-order valence-electron chi connectivity index (χ0n) is 7.60. The second-order valence-corrected chi connectivity index (χ2v) is 5.73. The minimum absolute atomic E-state index is 0.489. The highest BCUT2D eigenvalue weighted by Gasteiger charge is 2.22. The second kappa shape index (κ2) is 4.57. The Bertz CT molecular complexity index is 267. The zero-order valence-corrected chi connectivity index (χ0v) is 8.41. The first kappa shape index (κ1) is 12.4. The van der Waals surface area contributed by atoms with Crippen LogP contribution in [0.3, 0.4) is 0 Å². The summed E-state index contributed by atoms with van der Waals surface area (Å²) in [6.07, 6.45) is -1.85. The van der Waals surface area contributed by atoms with Crippen molar-refractivity contribution in [2.45, 2.75) is 31.6 Å². The van der Waals surface area contributed by atoms with E-state index in [0.29, 0.717) is 0 Å². The van der Waals surface area contributed by atoms with Gasteiger partial charge in [0.2, 0.25) is 0 Å². The van der Waals surface area contributed by atoms with Gasteiger partial charge in [0.25, 0.3) is 0 Å². The predicted molar refractivity (Wildman–Crippen MR) is 47.2 cm³/mol. The summed E-state index contributed by atoms with van der Waals surface area (Å²) in [6, 6.07) is 0. The summed E-state index contributed by atoms with van der Waals surface area (Å²) in [5.41, 5.74) is 0. The molecule has 0 saturated carbocycles. The minimum Gasteiger partial charge on any atom is -0.481 e. The molecule has 5 nitrogen and oxygen atoms in total. The van der Waals surface area contributed by atoms with E-state index in [9.17, 15) is 13.2 Å². The topological polar surface area (TPSA) is 91.7 Å². The molecule has 0 aromatic carbocycles. The van der Waals surface area contributed by atoms with E-state index in [2.05, 4.69) is 0 Å². The summed E-state index contributed by atoms with van der Waals surface area (Å²) < 4.78 is 22.3. The highest BCUT2D eigenvalue weighted by Crippen LogP contribution is 2.05. The van der Waals surface area contributed by atoms with E-state index in [-0.39, 0.29) is 0 Å². The van der Waals surface area contributed by atoms with Crippen LogP contribution in [0, 0.1) is 0 Å². The second-order valence-electron chi connectivity index (χ2n) is 3.13. The Morgan fingerprint density at radius 3 is 2.15 bits per heavy atom. The van der Waals surface area contributed by atoms with Crippen molar-refractivity contribution >= 4 is 15.8 Å². The van der Waals surface area contributed by atoms with Gasteiger partial charge in [-0.05, 0) is 13.8 Å². The van der Waals surface area contributed by atoms with E-state index in [1.54, 1.807) is 0 Å². The van der Waals surface area contributed by atoms with Crippen molar-refractivity contribution < 1.29 is 23.4 Å². The normalized spacial score (nSPS) is 14.5. The number of aliphatic hydroxyl groups is 1. The van der Waals surface area contributed by atoms with Gasteiger partial charge in [-0.2, -0.15) is 0 Å². The molecular formula is C7H14O5S. The SMILES string of the molecule is CC(C)S(=O)(=O)CC(O)CC(=O)O. The Morgan fingerprint density at radius 2 is 1.85 bits per heavy atom. The number of hydrogen-bond acceptors (Lipinski definition) is 4. The largest absolute Gasteiger partial charge is 0.481 e. The summed E-state index contributed by atoms with van der Waals surface area (Å²) in [5, 5.41) is 16.7. The first-order valence-corrected chi connectivity index (χ1v) is 5.58. The summed E-state index contributed by atoms with van der Waals surface area (Å²) in [5.74, 6) is -1.69. The van der Waals surface area contributed by atoms with Crippen LogP contribution in [0.25, 0.3) is 0 Å². The maximum Gasteiger partial charge on any atom is 0.306 e. The van der Waals surface area contributed by atoms with Crippen LogP contribution in [0.5, 0.6) is 0 Å². The molecule has 0 aliphatic rings. The van der Waals surface area contributed by atoms with E-state index in [4.69, 9.17) is 10.2 Å². The minimum atomic E-state index is -3.36. The predicted octanol–water partition coefficient (Wildman–Crippen LogP) is -0.355. The Hall–Kier alpha value is -0.620. The lowest BCUT2D eigenvalue weighted by molar-refractivity contribution is -0.138. The first-order chi connectivity index (χ1) is 5.75. The number of carbonyl (C=O) groups is 1. The van der Waals surface area contributed by atoms with Gasteiger partial charge in [-0.15, -0.1) is 0 Å². The van der Waals surface area contributed by atoms with Gasteiger partial charge in [0.15, 0.2) is 9.84 Å². The van der Waals surface area contributed by atoms with E-state index in [0.717, 1.165) is 0 Å². The van der Waals surface area contributed by atoms with Gasteiger partial charge >= 0.3 is 5.97 Å². The molecular weight excluding hydrogens is 196 g/mol. The summed E-state index contributed by atoms with van der Waals surface area (Å²) in [6.45, 7) is 2.98. The molecule has 0 spiro atoms. The molecule has 0 rings (SSSR count). The number of aliphatic hydroxyl groups excluding tert-OH is 1. The number of rotatable bonds is 5. The van der Waals surface area contributed by atoms with Crippen LogP contribution in [0.1, 0.15) is 20.3 Å². The van der Waals surface area contributed by atoms with Gasteiger partial charge in [0.05, 0.1) is 23.5 Å². The van der Waals surface area contributed by atoms with Crippen molar-refractivity contribution in [3.8, 4) is 0 Å². The van der Waals surface area contributed by atoms with Crippen molar-refractivity contribution in [3.05, 3.63) is 0 Å². The molecule has 0 amide bonds. The summed E-state index contributed by atoms with van der Waals surface area (Å²) in [4.78, 5) is 10.1. The standard InChI is InChI=1S/C7H14O5S/c1-5(2)13(11,12)4-6(8)3-7(9)10/h5-6,8H,3-4H2,1-2H3,(H,9,10). The van der Waals surface area contributed by atoms with Gasteiger partial charge < -0.3 is 10.2 Å². The lowest BCUT2D eigenvalue weighted by Gasteiger charge is -2.10. The van der Waals surface area contributed by atoms with Crippen molar-refractivity contribution in [2.75, 3.05) is 5.75 Å². The highest BCUT2D eigenvalue weighted by molar-refractivity contribution is 7.92. The summed E-state index contributed by atoms with van der Waals surface area (Å²) >= 11 is 0. The average molecular weight is 210 g/mol. The molecule has 0 aromatic heterocycles. The molecule has 0 aliphatic carbocycles. The Labute approximate surface area is 77.3 Å². The van der Waals surface area contributed by atoms with Crippen LogP contribution in [0.4, 0.5) is 0 Å². The third kappa shape index (κ3) is 4.84. The molecule has 0 fully saturated rings. The molecule has 13 heavy (non-hydrogen) atoms. The van der Waals surface area contributed by atoms with Gasteiger partial charge in [0, 0.05) is 0 Å². The van der Waals surface area contributed by atoms with Crippen molar-refractivity contribution in [3.63, 3.8) is 0 Å². The highest BCUT2D eigenvalue weighted by atomic mass is 32.2. The fourth-order valence-electron chi connectivity index (χ4n) is 0.721. The molecule has 0 saturated heterocycles. The maximum absolute atomic E-state index is 11.2. The van der Waals surface area contributed by atoms with Gasteiger partial charge in [-0.3, -0.25) is 4.79 Å². The molecule has 6 heteroatoms. The molecule has 0 aliphatic heterocycles. The van der Waals surface area contributed by atoms with Gasteiger partial charge in [0.1, 0.15) is 0 Å². The third-order valence-electron chi connectivity index (χ3n) is 1.55. The smallest absolute Gasteiger partial charge is 0.306 e. The molecule has 0 radical (unpaired) electrons. The fraction of sp³-hybridized carbons (Fsp3) is 0.857. The third-order valence-corrected chi connectivity index (χ3v) is 3.84. The Kier molecular flexibility index (Phi) is 4.35. The number of carboxylic acids is 1. The van der Waals surface area contributed by atoms with Crippen LogP contribution in [-0.4, -0.2) is 41.7 Å². The Morgan fingerprint density at radius 1 is 1.38 bits per heavy atom. The van der Waals surface area contributed by atoms with Crippen LogP contribution in [0.2, 0.25) is 0 Å². The monoisotopic (exact) mass is 210 g/mol. The van der Waals surface area contributed by atoms with E-state index in [1.165, 1.54) is 13.8 Å². The van der Waals surface area contributed by atoms with Crippen LogP contribution < -0.4 is 0 Å². The maximum atomic E-state index is 11.2. The molecule has 1 unspecified atom stereocenters. The van der Waals surface area contributed by atoms with E-state index >= 15 is 0 Å². The molecule has 2 N–H and O–H groups in total. The van der Waals surface area contributed by atoms with Crippen molar-refractivity contribution in [1.82, 2.24) is 0 Å². The first-order valence-electron chi connectivity index (χ1n) is 3.87. The number of hydrogen-bond donors (Lipinski definition) is 2. The van der Waals surface area contributed by atoms with Gasteiger partial charge in [-0.25, -0.2) is 8.42 Å². The molecule has 0 heterocycles. The average Bonchev–Trinajstić information content (AvgIpc) is 1.82. The quantitative estimate of drug-likeness (QED) is 0.646. The van der Waals surface area contributed by atoms with Crippen molar-refractivity contribution in [2.24, 2.45) is 0 Å². The Balaban J connectivity index is 4.21. The summed E-state index contributed by atoms with van der Waals surface area (Å²) in [7, 11) is -3.36. The number of aliphatic carboxylic acids is 1. The number of carboxylic acid groups (broad SMARTS) is 1. The molecule has 78 valence electrons. The zero-order chi connectivity index (χ0) is 10.6. The van der Waals surface area contributed by atoms with E-state index in [1.807, 2.05) is 0 Å².